The number of para-hydroxylation sites is 1. The van der Waals surface area contributed by atoms with Gasteiger partial charge in [-0.2, -0.15) is 0 Å². The van der Waals surface area contributed by atoms with Gasteiger partial charge in [-0.05, 0) is 36.8 Å². The van der Waals surface area contributed by atoms with Crippen molar-refractivity contribution in [2.45, 2.75) is 13.0 Å². The molecular formula is C15H14Cl2N2O2. The second kappa shape index (κ2) is 6.80. The summed E-state index contributed by atoms with van der Waals surface area (Å²) in [6, 6.07) is 11.4. The van der Waals surface area contributed by atoms with E-state index in [9.17, 15) is 9.90 Å². The molecule has 2 rings (SSSR count). The van der Waals surface area contributed by atoms with Crippen molar-refractivity contribution >= 4 is 40.6 Å². The van der Waals surface area contributed by atoms with Crippen molar-refractivity contribution in [2.24, 2.45) is 0 Å². The smallest absolute Gasteiger partial charge is 0.323 e. The van der Waals surface area contributed by atoms with E-state index in [2.05, 4.69) is 10.6 Å². The van der Waals surface area contributed by atoms with Gasteiger partial charge in [0.15, 0.2) is 0 Å². The van der Waals surface area contributed by atoms with Gasteiger partial charge in [0.1, 0.15) is 0 Å². The Balaban J connectivity index is 2.10. The first kappa shape index (κ1) is 15.6. The van der Waals surface area contributed by atoms with Crippen LogP contribution in [-0.2, 0) is 0 Å². The molecular weight excluding hydrogens is 311 g/mol. The Bertz CT molecular complexity index is 640. The third-order valence-electron chi connectivity index (χ3n) is 2.83. The predicted octanol–water partition coefficient (Wildman–Crippen LogP) is 4.69. The standard InChI is InChI=1S/C15H14Cl2N2O2/c1-9(20)10-4-2-5-11(8-10)18-15(21)19-14-12(16)6-3-7-13(14)17/h2-9,20H,1H3,(H2,18,19,21). The Morgan fingerprint density at radius 3 is 2.33 bits per heavy atom. The van der Waals surface area contributed by atoms with Gasteiger partial charge in [0.05, 0.1) is 21.8 Å². The van der Waals surface area contributed by atoms with Gasteiger partial charge in [-0.3, -0.25) is 0 Å². The summed E-state index contributed by atoms with van der Waals surface area (Å²) in [5.41, 5.74) is 1.63. The lowest BCUT2D eigenvalue weighted by Crippen LogP contribution is -2.20. The largest absolute Gasteiger partial charge is 0.389 e. The number of carbonyl (C=O) groups excluding carboxylic acids is 1. The molecule has 1 unspecified atom stereocenters. The van der Waals surface area contributed by atoms with Crippen LogP contribution in [0, 0.1) is 0 Å². The molecule has 0 bridgehead atoms. The number of nitrogens with one attached hydrogen (secondary N) is 2. The van der Waals surface area contributed by atoms with E-state index in [0.717, 1.165) is 0 Å². The summed E-state index contributed by atoms with van der Waals surface area (Å²) < 4.78 is 0. The van der Waals surface area contributed by atoms with E-state index in [4.69, 9.17) is 23.2 Å². The minimum Gasteiger partial charge on any atom is -0.389 e. The fraction of sp³-hybridized carbons (Fsp3) is 0.133. The van der Waals surface area contributed by atoms with Crippen LogP contribution in [0.4, 0.5) is 16.2 Å². The summed E-state index contributed by atoms with van der Waals surface area (Å²) in [5, 5.41) is 15.5. The van der Waals surface area contributed by atoms with Crippen molar-refractivity contribution in [3.8, 4) is 0 Å². The fourth-order valence-corrected chi connectivity index (χ4v) is 2.26. The maximum atomic E-state index is 12.0. The molecule has 0 aliphatic rings. The number of aliphatic hydroxyl groups excluding tert-OH is 1. The molecule has 2 amide bonds. The van der Waals surface area contributed by atoms with Crippen LogP contribution in [0.5, 0.6) is 0 Å². The SMILES string of the molecule is CC(O)c1cccc(NC(=O)Nc2c(Cl)cccc2Cl)c1. The summed E-state index contributed by atoms with van der Waals surface area (Å²) >= 11 is 12.0. The molecule has 110 valence electrons. The third-order valence-corrected chi connectivity index (χ3v) is 3.46. The van der Waals surface area contributed by atoms with Crippen LogP contribution < -0.4 is 10.6 Å². The van der Waals surface area contributed by atoms with Crippen LogP contribution in [0.15, 0.2) is 42.5 Å². The normalized spacial score (nSPS) is 11.8. The van der Waals surface area contributed by atoms with Gasteiger partial charge in [-0.25, -0.2) is 4.79 Å². The molecule has 0 aliphatic carbocycles. The Labute approximate surface area is 132 Å². The maximum absolute atomic E-state index is 12.0. The number of urea groups is 1. The van der Waals surface area contributed by atoms with Crippen molar-refractivity contribution in [1.82, 2.24) is 0 Å². The second-order valence-corrected chi connectivity index (χ2v) is 5.29. The molecule has 0 radical (unpaired) electrons. The highest BCUT2D eigenvalue weighted by Crippen LogP contribution is 2.29. The number of benzene rings is 2. The van der Waals surface area contributed by atoms with Crippen LogP contribution in [0.3, 0.4) is 0 Å². The predicted molar refractivity (Wildman–Crippen MR) is 86.2 cm³/mol. The molecule has 0 aliphatic heterocycles. The van der Waals surface area contributed by atoms with Crippen molar-refractivity contribution in [3.63, 3.8) is 0 Å². The maximum Gasteiger partial charge on any atom is 0.323 e. The van der Waals surface area contributed by atoms with Crippen LogP contribution in [0.25, 0.3) is 0 Å². The first-order chi connectivity index (χ1) is 9.97. The van der Waals surface area contributed by atoms with E-state index in [-0.39, 0.29) is 0 Å². The number of anilines is 2. The lowest BCUT2D eigenvalue weighted by molar-refractivity contribution is 0.199. The van der Waals surface area contributed by atoms with E-state index >= 15 is 0 Å². The average Bonchev–Trinajstić information content (AvgIpc) is 2.43. The van der Waals surface area contributed by atoms with Gasteiger partial charge in [-0.15, -0.1) is 0 Å². The Hall–Kier alpha value is -1.75. The van der Waals surface area contributed by atoms with E-state index in [1.165, 1.54) is 0 Å². The van der Waals surface area contributed by atoms with Crippen molar-refractivity contribution < 1.29 is 9.90 Å². The Morgan fingerprint density at radius 1 is 1.10 bits per heavy atom. The minimum atomic E-state index is -0.604. The topological polar surface area (TPSA) is 61.4 Å². The molecule has 3 N–H and O–H groups in total. The molecule has 0 saturated heterocycles. The summed E-state index contributed by atoms with van der Waals surface area (Å²) in [6.45, 7) is 1.66. The summed E-state index contributed by atoms with van der Waals surface area (Å²) in [4.78, 5) is 12.0. The molecule has 1 atom stereocenters. The third kappa shape index (κ3) is 4.11. The average molecular weight is 325 g/mol. The molecule has 2 aromatic rings. The van der Waals surface area contributed by atoms with Crippen LogP contribution in [0.2, 0.25) is 10.0 Å². The summed E-state index contributed by atoms with van der Waals surface area (Å²) in [7, 11) is 0. The van der Waals surface area contributed by atoms with E-state index in [1.54, 1.807) is 49.4 Å². The minimum absolute atomic E-state index is 0.352. The number of hydrogen-bond acceptors (Lipinski definition) is 2. The van der Waals surface area contributed by atoms with Crippen LogP contribution in [0.1, 0.15) is 18.6 Å². The van der Waals surface area contributed by atoms with E-state index < -0.39 is 12.1 Å². The molecule has 0 heterocycles. The molecule has 2 aromatic carbocycles. The van der Waals surface area contributed by atoms with E-state index in [0.29, 0.717) is 27.0 Å². The lowest BCUT2D eigenvalue weighted by atomic mass is 10.1. The summed E-state index contributed by atoms with van der Waals surface area (Å²) in [5.74, 6) is 0. The zero-order valence-electron chi connectivity index (χ0n) is 11.2. The molecule has 0 aromatic heterocycles. The van der Waals surface area contributed by atoms with Gasteiger partial charge < -0.3 is 15.7 Å². The zero-order valence-corrected chi connectivity index (χ0v) is 12.7. The number of rotatable bonds is 3. The lowest BCUT2D eigenvalue weighted by Gasteiger charge is -2.12. The Kier molecular flexibility index (Phi) is 5.07. The van der Waals surface area contributed by atoms with Crippen molar-refractivity contribution in [2.75, 3.05) is 10.6 Å². The second-order valence-electron chi connectivity index (χ2n) is 4.48. The fourth-order valence-electron chi connectivity index (χ4n) is 1.77. The highest BCUT2D eigenvalue weighted by molar-refractivity contribution is 6.39. The highest BCUT2D eigenvalue weighted by Gasteiger charge is 2.10. The quantitative estimate of drug-likeness (QED) is 0.766. The number of hydrogen-bond donors (Lipinski definition) is 3. The van der Waals surface area contributed by atoms with Gasteiger partial charge >= 0.3 is 6.03 Å². The molecule has 21 heavy (non-hydrogen) atoms. The van der Waals surface area contributed by atoms with Gasteiger partial charge in [-0.1, -0.05) is 41.4 Å². The first-order valence-corrected chi connectivity index (χ1v) is 7.03. The molecule has 0 saturated carbocycles. The van der Waals surface area contributed by atoms with Crippen LogP contribution in [-0.4, -0.2) is 11.1 Å². The number of halogens is 2. The van der Waals surface area contributed by atoms with Gasteiger partial charge in [0.2, 0.25) is 0 Å². The molecule has 0 fully saturated rings. The van der Waals surface area contributed by atoms with Crippen molar-refractivity contribution in [3.05, 3.63) is 58.1 Å². The molecule has 0 spiro atoms. The molecule has 4 nitrogen and oxygen atoms in total. The molecule has 6 heteroatoms. The van der Waals surface area contributed by atoms with Crippen molar-refractivity contribution in [1.29, 1.82) is 0 Å². The zero-order chi connectivity index (χ0) is 15.4. The van der Waals surface area contributed by atoms with Gasteiger partial charge in [0.25, 0.3) is 0 Å². The number of amides is 2. The van der Waals surface area contributed by atoms with E-state index in [1.807, 2.05) is 0 Å². The Morgan fingerprint density at radius 2 is 1.71 bits per heavy atom. The van der Waals surface area contributed by atoms with Gasteiger partial charge in [0, 0.05) is 5.69 Å². The summed E-state index contributed by atoms with van der Waals surface area (Å²) in [6.07, 6.45) is -0.604. The number of aliphatic hydroxyl groups is 1. The highest BCUT2D eigenvalue weighted by atomic mass is 35.5. The monoisotopic (exact) mass is 324 g/mol. The number of carbonyl (C=O) groups is 1. The van der Waals surface area contributed by atoms with Crippen LogP contribution >= 0.6 is 23.2 Å². The first-order valence-electron chi connectivity index (χ1n) is 6.27.